The van der Waals surface area contributed by atoms with Crippen molar-refractivity contribution in [3.8, 4) is 5.75 Å². The fourth-order valence-electron chi connectivity index (χ4n) is 3.57. The van der Waals surface area contributed by atoms with Gasteiger partial charge >= 0.3 is 0 Å². The number of rotatable bonds is 5. The zero-order chi connectivity index (χ0) is 17.9. The minimum atomic E-state index is -0.739. The number of phenolic OH excluding ortho intramolecular Hbond substituents is 1. The lowest BCUT2D eigenvalue weighted by atomic mass is 9.84. The van der Waals surface area contributed by atoms with E-state index in [2.05, 4.69) is 30.5 Å². The van der Waals surface area contributed by atoms with E-state index < -0.39 is 5.60 Å². The van der Waals surface area contributed by atoms with Crippen LogP contribution in [0.1, 0.15) is 35.1 Å². The zero-order valence-corrected chi connectivity index (χ0v) is 14.9. The van der Waals surface area contributed by atoms with Gasteiger partial charge in [-0.25, -0.2) is 0 Å². The third-order valence-electron chi connectivity index (χ3n) is 5.23. The van der Waals surface area contributed by atoms with E-state index in [0.717, 1.165) is 29.8 Å². The SMILES string of the molecule is C=CCc1cccc(CN2CCC(O)(c3ccc(C)cc3)CC2)c1O. The number of aromatic hydroxyl groups is 1. The van der Waals surface area contributed by atoms with Gasteiger partial charge in [-0.15, -0.1) is 6.58 Å². The van der Waals surface area contributed by atoms with Gasteiger partial charge in [-0.1, -0.05) is 54.1 Å². The molecule has 0 radical (unpaired) electrons. The Morgan fingerprint density at radius 3 is 2.36 bits per heavy atom. The summed E-state index contributed by atoms with van der Waals surface area (Å²) in [5.41, 5.74) is 3.34. The Balaban J connectivity index is 1.66. The molecule has 2 aromatic carbocycles. The summed E-state index contributed by atoms with van der Waals surface area (Å²) in [6.45, 7) is 8.14. The highest BCUT2D eigenvalue weighted by Gasteiger charge is 2.34. The largest absolute Gasteiger partial charge is 0.507 e. The van der Waals surface area contributed by atoms with Crippen LogP contribution in [0.4, 0.5) is 0 Å². The summed E-state index contributed by atoms with van der Waals surface area (Å²) in [4.78, 5) is 2.30. The minimum absolute atomic E-state index is 0.377. The number of benzene rings is 2. The summed E-state index contributed by atoms with van der Waals surface area (Å²) in [7, 11) is 0. The Kier molecular flexibility index (Phi) is 5.26. The predicted octanol–water partition coefficient (Wildman–Crippen LogP) is 3.91. The molecule has 0 spiro atoms. The molecule has 2 aromatic rings. The van der Waals surface area contributed by atoms with E-state index in [4.69, 9.17) is 0 Å². The Morgan fingerprint density at radius 2 is 1.72 bits per heavy atom. The molecule has 25 heavy (non-hydrogen) atoms. The van der Waals surface area contributed by atoms with E-state index in [9.17, 15) is 10.2 Å². The second kappa shape index (κ2) is 7.42. The van der Waals surface area contributed by atoms with Crippen LogP contribution in [0.25, 0.3) is 0 Å². The molecule has 1 aliphatic rings. The number of hydrogen-bond acceptors (Lipinski definition) is 3. The second-order valence-corrected chi connectivity index (χ2v) is 7.09. The van der Waals surface area contributed by atoms with Crippen molar-refractivity contribution in [2.45, 2.75) is 38.3 Å². The van der Waals surface area contributed by atoms with Gasteiger partial charge in [-0.3, -0.25) is 4.90 Å². The Bertz CT molecular complexity index is 728. The first-order valence-corrected chi connectivity index (χ1v) is 8.94. The molecule has 1 fully saturated rings. The number of aliphatic hydroxyl groups is 1. The van der Waals surface area contributed by atoms with Crippen molar-refractivity contribution in [1.29, 1.82) is 0 Å². The summed E-state index contributed by atoms with van der Waals surface area (Å²) < 4.78 is 0. The van der Waals surface area contributed by atoms with Crippen molar-refractivity contribution >= 4 is 0 Å². The lowest BCUT2D eigenvalue weighted by Crippen LogP contribution is -2.42. The molecule has 0 saturated carbocycles. The van der Waals surface area contributed by atoms with Crippen LogP contribution < -0.4 is 0 Å². The number of aryl methyl sites for hydroxylation is 1. The van der Waals surface area contributed by atoms with E-state index in [-0.39, 0.29) is 0 Å². The van der Waals surface area contributed by atoms with Crippen LogP contribution in [0.15, 0.2) is 55.1 Å². The number of para-hydroxylation sites is 1. The van der Waals surface area contributed by atoms with E-state index in [0.29, 0.717) is 31.6 Å². The number of likely N-dealkylation sites (tertiary alicyclic amines) is 1. The lowest BCUT2D eigenvalue weighted by Gasteiger charge is -2.38. The van der Waals surface area contributed by atoms with Gasteiger partial charge in [0.2, 0.25) is 0 Å². The van der Waals surface area contributed by atoms with Gasteiger partial charge in [0.15, 0.2) is 0 Å². The van der Waals surface area contributed by atoms with Crippen LogP contribution in [0.2, 0.25) is 0 Å². The molecule has 0 unspecified atom stereocenters. The molecule has 0 atom stereocenters. The molecular formula is C22H27NO2. The average Bonchev–Trinajstić information content (AvgIpc) is 2.61. The van der Waals surface area contributed by atoms with Crippen LogP contribution in [-0.4, -0.2) is 28.2 Å². The van der Waals surface area contributed by atoms with Crippen molar-refractivity contribution in [1.82, 2.24) is 4.90 Å². The normalized spacial score (nSPS) is 17.4. The Morgan fingerprint density at radius 1 is 1.08 bits per heavy atom. The topological polar surface area (TPSA) is 43.7 Å². The maximum Gasteiger partial charge on any atom is 0.123 e. The van der Waals surface area contributed by atoms with Gasteiger partial charge in [-0.2, -0.15) is 0 Å². The average molecular weight is 337 g/mol. The maximum absolute atomic E-state index is 11.0. The molecule has 1 heterocycles. The summed E-state index contributed by atoms with van der Waals surface area (Å²) >= 11 is 0. The minimum Gasteiger partial charge on any atom is -0.507 e. The van der Waals surface area contributed by atoms with Gasteiger partial charge < -0.3 is 10.2 Å². The molecule has 0 amide bonds. The number of hydrogen-bond donors (Lipinski definition) is 2. The van der Waals surface area contributed by atoms with Crippen molar-refractivity contribution in [3.63, 3.8) is 0 Å². The predicted molar refractivity (Wildman–Crippen MR) is 102 cm³/mol. The standard InChI is InChI=1S/C22H27NO2/c1-3-5-18-6-4-7-19(21(18)24)16-23-14-12-22(25,13-15-23)20-10-8-17(2)9-11-20/h3-4,6-11,24-25H,1,5,12-16H2,2H3. The summed E-state index contributed by atoms with van der Waals surface area (Å²) in [5, 5.41) is 21.4. The number of phenols is 1. The van der Waals surface area contributed by atoms with E-state index in [1.54, 1.807) is 6.08 Å². The van der Waals surface area contributed by atoms with E-state index in [1.165, 1.54) is 5.56 Å². The first-order valence-electron chi connectivity index (χ1n) is 8.94. The number of nitrogens with zero attached hydrogens (tertiary/aromatic N) is 1. The third-order valence-corrected chi connectivity index (χ3v) is 5.23. The molecule has 0 bridgehead atoms. The van der Waals surface area contributed by atoms with Gasteiger partial charge in [0, 0.05) is 25.2 Å². The Labute approximate surface area is 150 Å². The molecule has 0 aromatic heterocycles. The monoisotopic (exact) mass is 337 g/mol. The first-order chi connectivity index (χ1) is 12.0. The van der Waals surface area contributed by atoms with Crippen LogP contribution >= 0.6 is 0 Å². The maximum atomic E-state index is 11.0. The third kappa shape index (κ3) is 3.94. The first kappa shape index (κ1) is 17.7. The highest BCUT2D eigenvalue weighted by Crippen LogP contribution is 2.34. The van der Waals surface area contributed by atoms with Gasteiger partial charge in [0.05, 0.1) is 5.60 Å². The van der Waals surface area contributed by atoms with Crippen molar-refractivity contribution in [2.24, 2.45) is 0 Å². The van der Waals surface area contributed by atoms with Gasteiger partial charge in [0.25, 0.3) is 0 Å². The number of piperidine rings is 1. The quantitative estimate of drug-likeness (QED) is 0.813. The van der Waals surface area contributed by atoms with Crippen molar-refractivity contribution in [2.75, 3.05) is 13.1 Å². The Hall–Kier alpha value is -2.10. The summed E-state index contributed by atoms with van der Waals surface area (Å²) in [6.07, 6.45) is 3.90. The molecule has 1 saturated heterocycles. The van der Waals surface area contributed by atoms with Crippen molar-refractivity contribution < 1.29 is 10.2 Å². The molecule has 3 rings (SSSR count). The summed E-state index contributed by atoms with van der Waals surface area (Å²) in [5.74, 6) is 0.377. The van der Waals surface area contributed by atoms with Gasteiger partial charge in [-0.05, 0) is 37.3 Å². The molecule has 1 aliphatic heterocycles. The fraction of sp³-hybridized carbons (Fsp3) is 0.364. The highest BCUT2D eigenvalue weighted by atomic mass is 16.3. The molecule has 132 valence electrons. The molecule has 0 aliphatic carbocycles. The molecule has 3 nitrogen and oxygen atoms in total. The zero-order valence-electron chi connectivity index (χ0n) is 14.9. The molecule has 3 heteroatoms. The smallest absolute Gasteiger partial charge is 0.123 e. The van der Waals surface area contributed by atoms with Crippen LogP contribution in [-0.2, 0) is 18.6 Å². The van der Waals surface area contributed by atoms with Crippen LogP contribution in [0.5, 0.6) is 5.75 Å². The van der Waals surface area contributed by atoms with Gasteiger partial charge in [0.1, 0.15) is 5.75 Å². The van der Waals surface area contributed by atoms with Crippen molar-refractivity contribution in [3.05, 3.63) is 77.4 Å². The summed E-state index contributed by atoms with van der Waals surface area (Å²) in [6, 6.07) is 14.1. The van der Waals surface area contributed by atoms with Crippen LogP contribution in [0.3, 0.4) is 0 Å². The fourth-order valence-corrected chi connectivity index (χ4v) is 3.57. The highest BCUT2D eigenvalue weighted by molar-refractivity contribution is 5.41. The number of allylic oxidation sites excluding steroid dienone is 1. The molecule has 2 N–H and O–H groups in total. The lowest BCUT2D eigenvalue weighted by molar-refractivity contribution is -0.0278. The second-order valence-electron chi connectivity index (χ2n) is 7.09. The van der Waals surface area contributed by atoms with E-state index >= 15 is 0 Å². The van der Waals surface area contributed by atoms with Crippen LogP contribution in [0, 0.1) is 6.92 Å². The van der Waals surface area contributed by atoms with E-state index in [1.807, 2.05) is 30.3 Å². The molecular weight excluding hydrogens is 310 g/mol.